The predicted octanol–water partition coefficient (Wildman–Crippen LogP) is 2.30. The highest BCUT2D eigenvalue weighted by Gasteiger charge is 2.27. The van der Waals surface area contributed by atoms with E-state index in [9.17, 15) is 4.79 Å². The summed E-state index contributed by atoms with van der Waals surface area (Å²) >= 11 is 1.08. The minimum atomic E-state index is -0.421. The van der Waals surface area contributed by atoms with Gasteiger partial charge in [0.05, 0.1) is 11.3 Å². The van der Waals surface area contributed by atoms with E-state index in [0.29, 0.717) is 10.6 Å². The first kappa shape index (κ1) is 14.1. The van der Waals surface area contributed by atoms with Crippen LogP contribution in [-0.2, 0) is 10.3 Å². The number of nitrogens with zero attached hydrogens (tertiary/aromatic N) is 2. The number of carbonyl (C=O) groups is 1. The molecule has 1 N–H and O–H groups in total. The monoisotopic (exact) mass is 257 g/mol. The molecule has 17 heavy (non-hydrogen) atoms. The van der Waals surface area contributed by atoms with Gasteiger partial charge in [0.15, 0.2) is 0 Å². The quantitative estimate of drug-likeness (QED) is 0.826. The van der Waals surface area contributed by atoms with Gasteiger partial charge in [0, 0.05) is 5.41 Å². The Morgan fingerprint density at radius 3 is 2.29 bits per heavy atom. The van der Waals surface area contributed by atoms with Gasteiger partial charge in [0.1, 0.15) is 4.88 Å². The van der Waals surface area contributed by atoms with Crippen molar-refractivity contribution in [2.24, 2.45) is 0 Å². The molecular formula is C11H19N3O2S. The third kappa shape index (κ3) is 4.05. The molecule has 1 rings (SSSR count). The average molecular weight is 257 g/mol. The molecule has 0 unspecified atom stereocenters. The minimum Gasteiger partial charge on any atom is -0.268 e. The maximum Gasteiger partial charge on any atom is 0.288 e. The molecule has 1 aromatic heterocycles. The Balaban J connectivity index is 2.81. The Hall–Kier alpha value is -1.01. The zero-order valence-electron chi connectivity index (χ0n) is 11.1. The molecule has 0 saturated heterocycles. The Morgan fingerprint density at radius 1 is 1.24 bits per heavy atom. The van der Waals surface area contributed by atoms with Crippen LogP contribution in [0.25, 0.3) is 0 Å². The molecule has 6 heteroatoms. The fourth-order valence-electron chi connectivity index (χ4n) is 1.08. The van der Waals surface area contributed by atoms with Crippen molar-refractivity contribution >= 4 is 17.4 Å². The number of hydrogen-bond donors (Lipinski definition) is 1. The second-order valence-electron chi connectivity index (χ2n) is 5.85. The molecule has 0 aliphatic heterocycles. The number of hydroxylamine groups is 1. The molecule has 0 spiro atoms. The average Bonchev–Trinajstić information content (AvgIpc) is 2.60. The van der Waals surface area contributed by atoms with Crippen LogP contribution >= 0.6 is 11.5 Å². The lowest BCUT2D eigenvalue weighted by Gasteiger charge is -2.20. The molecule has 0 aromatic carbocycles. The number of rotatable bonds is 2. The normalized spacial score (nSPS) is 12.6. The number of amides is 1. The third-order valence-electron chi connectivity index (χ3n) is 1.85. The Kier molecular flexibility index (Phi) is 3.88. The van der Waals surface area contributed by atoms with Gasteiger partial charge in [0.2, 0.25) is 0 Å². The highest BCUT2D eigenvalue weighted by Crippen LogP contribution is 2.25. The summed E-state index contributed by atoms with van der Waals surface area (Å²) in [5, 5.41) is 4.01. The molecule has 5 nitrogen and oxygen atoms in total. The Labute approximate surface area is 106 Å². The lowest BCUT2D eigenvalue weighted by molar-refractivity contribution is -0.0588. The minimum absolute atomic E-state index is 0.207. The van der Waals surface area contributed by atoms with Crippen molar-refractivity contribution in [3.8, 4) is 0 Å². The van der Waals surface area contributed by atoms with Crippen LogP contribution in [0.1, 0.15) is 56.9 Å². The molecule has 0 saturated carbocycles. The third-order valence-corrected chi connectivity index (χ3v) is 2.58. The fourth-order valence-corrected chi connectivity index (χ4v) is 1.84. The van der Waals surface area contributed by atoms with Crippen molar-refractivity contribution in [1.82, 2.24) is 15.1 Å². The van der Waals surface area contributed by atoms with Gasteiger partial charge in [-0.3, -0.25) is 9.63 Å². The largest absolute Gasteiger partial charge is 0.288 e. The molecule has 0 fully saturated rings. The second-order valence-corrected chi connectivity index (χ2v) is 6.60. The maximum absolute atomic E-state index is 11.9. The molecule has 0 aliphatic rings. The molecule has 0 aliphatic carbocycles. The highest BCUT2D eigenvalue weighted by atomic mass is 32.1. The van der Waals surface area contributed by atoms with Crippen LogP contribution in [0.5, 0.6) is 0 Å². The van der Waals surface area contributed by atoms with E-state index in [4.69, 9.17) is 4.84 Å². The van der Waals surface area contributed by atoms with Gasteiger partial charge in [-0.1, -0.05) is 25.3 Å². The first-order valence-corrected chi connectivity index (χ1v) is 6.20. The zero-order chi connectivity index (χ0) is 13.3. The van der Waals surface area contributed by atoms with Crippen LogP contribution in [-0.4, -0.2) is 21.1 Å². The molecule has 1 amide bonds. The van der Waals surface area contributed by atoms with E-state index < -0.39 is 5.60 Å². The van der Waals surface area contributed by atoms with Gasteiger partial charge in [-0.05, 0) is 32.3 Å². The molecule has 1 heterocycles. The molecule has 1 aromatic rings. The molecular weight excluding hydrogens is 238 g/mol. The van der Waals surface area contributed by atoms with E-state index in [1.54, 1.807) is 0 Å². The van der Waals surface area contributed by atoms with E-state index in [2.05, 4.69) is 15.1 Å². The van der Waals surface area contributed by atoms with Crippen LogP contribution < -0.4 is 5.48 Å². The number of nitrogens with one attached hydrogen (secondary N) is 1. The summed E-state index contributed by atoms with van der Waals surface area (Å²) in [6.45, 7) is 11.6. The van der Waals surface area contributed by atoms with E-state index in [1.165, 1.54) is 0 Å². The fraction of sp³-hybridized carbons (Fsp3) is 0.727. The predicted molar refractivity (Wildman–Crippen MR) is 66.9 cm³/mol. The van der Waals surface area contributed by atoms with E-state index in [0.717, 1.165) is 11.5 Å². The standard InChI is InChI=1S/C11H19N3O2S/c1-10(2,3)8-7(17-14-12-8)9(15)13-16-11(4,5)6/h1-6H3,(H,13,15). The first-order chi connectivity index (χ1) is 7.61. The summed E-state index contributed by atoms with van der Waals surface area (Å²) in [6, 6.07) is 0. The van der Waals surface area contributed by atoms with Crippen molar-refractivity contribution in [3.63, 3.8) is 0 Å². The van der Waals surface area contributed by atoms with Crippen LogP contribution in [0.15, 0.2) is 0 Å². The molecule has 96 valence electrons. The topological polar surface area (TPSA) is 64.1 Å². The van der Waals surface area contributed by atoms with Crippen molar-refractivity contribution in [1.29, 1.82) is 0 Å². The maximum atomic E-state index is 11.9. The summed E-state index contributed by atoms with van der Waals surface area (Å²) in [6.07, 6.45) is 0. The van der Waals surface area contributed by atoms with Crippen LogP contribution in [0.4, 0.5) is 0 Å². The van der Waals surface area contributed by atoms with Crippen molar-refractivity contribution in [2.45, 2.75) is 52.6 Å². The first-order valence-electron chi connectivity index (χ1n) is 5.42. The summed E-state index contributed by atoms with van der Waals surface area (Å²) in [5.41, 5.74) is 2.49. The van der Waals surface area contributed by atoms with Gasteiger partial charge in [-0.25, -0.2) is 5.48 Å². The van der Waals surface area contributed by atoms with Gasteiger partial charge >= 0.3 is 0 Å². The Morgan fingerprint density at radius 2 is 1.82 bits per heavy atom. The lowest BCUT2D eigenvalue weighted by atomic mass is 9.91. The smallest absolute Gasteiger partial charge is 0.268 e. The number of aromatic nitrogens is 2. The van der Waals surface area contributed by atoms with Crippen LogP contribution in [0, 0.1) is 0 Å². The van der Waals surface area contributed by atoms with E-state index in [-0.39, 0.29) is 11.3 Å². The van der Waals surface area contributed by atoms with Gasteiger partial charge in [-0.2, -0.15) is 0 Å². The lowest BCUT2D eigenvalue weighted by Crippen LogP contribution is -2.34. The van der Waals surface area contributed by atoms with Gasteiger partial charge in [0.25, 0.3) is 5.91 Å². The van der Waals surface area contributed by atoms with Crippen LogP contribution in [0.2, 0.25) is 0 Å². The summed E-state index contributed by atoms with van der Waals surface area (Å²) in [4.78, 5) is 17.7. The Bertz CT molecular complexity index is 402. The highest BCUT2D eigenvalue weighted by molar-refractivity contribution is 7.08. The van der Waals surface area contributed by atoms with Crippen molar-refractivity contribution < 1.29 is 9.63 Å². The number of carbonyl (C=O) groups excluding carboxylic acids is 1. The molecule has 0 atom stereocenters. The van der Waals surface area contributed by atoms with E-state index in [1.807, 2.05) is 41.5 Å². The SMILES string of the molecule is CC(C)(C)ONC(=O)c1snnc1C(C)(C)C. The molecule has 0 radical (unpaired) electrons. The second kappa shape index (κ2) is 4.70. The van der Waals surface area contributed by atoms with Gasteiger partial charge < -0.3 is 0 Å². The summed E-state index contributed by atoms with van der Waals surface area (Å²) in [5.74, 6) is -0.292. The van der Waals surface area contributed by atoms with Crippen molar-refractivity contribution in [2.75, 3.05) is 0 Å². The van der Waals surface area contributed by atoms with E-state index >= 15 is 0 Å². The summed E-state index contributed by atoms with van der Waals surface area (Å²) in [7, 11) is 0. The molecule has 0 bridgehead atoms. The summed E-state index contributed by atoms with van der Waals surface area (Å²) < 4.78 is 3.83. The van der Waals surface area contributed by atoms with Crippen LogP contribution in [0.3, 0.4) is 0 Å². The number of hydrogen-bond acceptors (Lipinski definition) is 5. The van der Waals surface area contributed by atoms with Gasteiger partial charge in [-0.15, -0.1) is 5.10 Å². The van der Waals surface area contributed by atoms with Crippen molar-refractivity contribution in [3.05, 3.63) is 10.6 Å². The zero-order valence-corrected chi connectivity index (χ0v) is 11.9.